The van der Waals surface area contributed by atoms with Crippen LogP contribution in [0.25, 0.3) is 0 Å². The van der Waals surface area contributed by atoms with Crippen molar-refractivity contribution in [2.24, 2.45) is 0 Å². The molecule has 2 N–H and O–H groups in total. The normalized spacial score (nSPS) is 11.3. The molecule has 0 atom stereocenters. The van der Waals surface area contributed by atoms with Crippen molar-refractivity contribution in [2.75, 3.05) is 11.3 Å². The fourth-order valence-corrected chi connectivity index (χ4v) is 1.80. The van der Waals surface area contributed by atoms with Gasteiger partial charge in [-0.15, -0.1) is 0 Å². The van der Waals surface area contributed by atoms with Gasteiger partial charge in [-0.1, -0.05) is 18.5 Å². The van der Waals surface area contributed by atoms with E-state index in [9.17, 15) is 8.42 Å². The number of hydrogen-bond donors (Lipinski definition) is 2. The van der Waals surface area contributed by atoms with E-state index in [0.717, 1.165) is 0 Å². The second-order valence-corrected chi connectivity index (χ2v) is 4.59. The minimum Gasteiger partial charge on any atom is -0.238 e. The van der Waals surface area contributed by atoms with Crippen molar-refractivity contribution >= 4 is 27.8 Å². The van der Waals surface area contributed by atoms with Gasteiger partial charge in [-0.25, -0.2) is 14.7 Å². The summed E-state index contributed by atoms with van der Waals surface area (Å²) in [4.78, 5) is 7.40. The van der Waals surface area contributed by atoms with E-state index in [1.165, 1.54) is 12.3 Å². The lowest BCUT2D eigenvalue weighted by Gasteiger charge is -2.06. The average molecular weight is 251 g/mol. The first-order chi connectivity index (χ1) is 7.03. The highest BCUT2D eigenvalue weighted by molar-refractivity contribution is 7.90. The van der Waals surface area contributed by atoms with Gasteiger partial charge >= 0.3 is 10.2 Å². The molecule has 0 aliphatic carbocycles. The van der Waals surface area contributed by atoms with Crippen molar-refractivity contribution < 1.29 is 8.42 Å². The predicted molar refractivity (Wildman–Crippen MR) is 57.9 cm³/mol. The molecule has 0 spiro atoms. The maximum atomic E-state index is 11.3. The summed E-state index contributed by atoms with van der Waals surface area (Å²) >= 11 is 5.57. The van der Waals surface area contributed by atoms with Crippen molar-refractivity contribution in [1.82, 2.24) is 14.7 Å². The Balaban J connectivity index is 2.69. The molecule has 1 aromatic rings. The molecule has 0 bridgehead atoms. The minimum atomic E-state index is -3.60. The van der Waals surface area contributed by atoms with E-state index in [4.69, 9.17) is 11.6 Å². The van der Waals surface area contributed by atoms with Crippen molar-refractivity contribution in [3.63, 3.8) is 0 Å². The molecular formula is C7H11ClN4O2S. The third-order valence-electron chi connectivity index (χ3n) is 1.39. The van der Waals surface area contributed by atoms with Crippen molar-refractivity contribution in [3.05, 3.63) is 17.4 Å². The summed E-state index contributed by atoms with van der Waals surface area (Å²) in [6.07, 6.45) is 2.07. The van der Waals surface area contributed by atoms with Crippen molar-refractivity contribution in [3.8, 4) is 0 Å². The second kappa shape index (κ2) is 5.24. The van der Waals surface area contributed by atoms with E-state index in [-0.39, 0.29) is 11.1 Å². The van der Waals surface area contributed by atoms with Crippen LogP contribution in [-0.2, 0) is 10.2 Å². The number of nitrogens with one attached hydrogen (secondary N) is 2. The molecule has 0 aliphatic heterocycles. The number of anilines is 1. The first-order valence-electron chi connectivity index (χ1n) is 4.29. The van der Waals surface area contributed by atoms with E-state index < -0.39 is 10.2 Å². The molecule has 0 aliphatic rings. The topological polar surface area (TPSA) is 84.0 Å². The molecule has 1 aromatic heterocycles. The summed E-state index contributed by atoms with van der Waals surface area (Å²) in [6, 6.07) is 1.46. The number of nitrogens with zero attached hydrogens (tertiary/aromatic N) is 2. The fraction of sp³-hybridized carbons (Fsp3) is 0.429. The van der Waals surface area contributed by atoms with Crippen LogP contribution in [0.5, 0.6) is 0 Å². The Morgan fingerprint density at radius 2 is 2.27 bits per heavy atom. The van der Waals surface area contributed by atoms with Crippen LogP contribution in [0.1, 0.15) is 13.3 Å². The third kappa shape index (κ3) is 4.41. The zero-order chi connectivity index (χ0) is 11.3. The standard InChI is InChI=1S/C7H11ClN4O2S/c1-2-4-10-15(13,14)12-7-9-5-3-6(8)11-7/h3,5,10H,2,4H2,1H3,(H,9,11,12). The molecule has 0 radical (unpaired) electrons. The van der Waals surface area contributed by atoms with Crippen LogP contribution in [-0.4, -0.2) is 24.9 Å². The Kier molecular flexibility index (Phi) is 4.25. The van der Waals surface area contributed by atoms with Gasteiger partial charge in [0, 0.05) is 12.7 Å². The van der Waals surface area contributed by atoms with Gasteiger partial charge in [0.15, 0.2) is 0 Å². The van der Waals surface area contributed by atoms with Crippen LogP contribution in [0.15, 0.2) is 12.3 Å². The molecule has 0 saturated heterocycles. The van der Waals surface area contributed by atoms with Gasteiger partial charge < -0.3 is 0 Å². The summed E-state index contributed by atoms with van der Waals surface area (Å²) < 4.78 is 27.1. The number of halogens is 1. The highest BCUT2D eigenvalue weighted by Crippen LogP contribution is 2.06. The van der Waals surface area contributed by atoms with E-state index in [2.05, 4.69) is 19.4 Å². The molecule has 15 heavy (non-hydrogen) atoms. The average Bonchev–Trinajstić information content (AvgIpc) is 2.14. The van der Waals surface area contributed by atoms with Gasteiger partial charge in [-0.05, 0) is 12.5 Å². The molecule has 1 heterocycles. The van der Waals surface area contributed by atoms with Crippen molar-refractivity contribution in [2.45, 2.75) is 13.3 Å². The van der Waals surface area contributed by atoms with Gasteiger partial charge in [0.1, 0.15) is 5.15 Å². The summed E-state index contributed by atoms with van der Waals surface area (Å²) in [6.45, 7) is 2.22. The molecule has 0 aromatic carbocycles. The molecule has 6 nitrogen and oxygen atoms in total. The van der Waals surface area contributed by atoms with Crippen LogP contribution >= 0.6 is 11.6 Å². The van der Waals surface area contributed by atoms with E-state index in [1.807, 2.05) is 6.92 Å². The molecule has 1 rings (SSSR count). The smallest absolute Gasteiger partial charge is 0.238 e. The van der Waals surface area contributed by atoms with E-state index in [0.29, 0.717) is 13.0 Å². The number of hydrogen-bond acceptors (Lipinski definition) is 4. The summed E-state index contributed by atoms with van der Waals surface area (Å²) in [5, 5.41) is 0.179. The molecule has 0 unspecified atom stereocenters. The molecule has 0 amide bonds. The maximum absolute atomic E-state index is 11.3. The predicted octanol–water partition coefficient (Wildman–Crippen LogP) is 0.786. The Morgan fingerprint density at radius 3 is 2.87 bits per heavy atom. The lowest BCUT2D eigenvalue weighted by Crippen LogP contribution is -2.31. The highest BCUT2D eigenvalue weighted by Gasteiger charge is 2.10. The van der Waals surface area contributed by atoms with Gasteiger partial charge in [0.05, 0.1) is 0 Å². The zero-order valence-corrected chi connectivity index (χ0v) is 9.64. The molecular weight excluding hydrogens is 240 g/mol. The summed E-state index contributed by atoms with van der Waals surface area (Å²) in [5.74, 6) is -0.0499. The van der Waals surface area contributed by atoms with Gasteiger partial charge in [0.2, 0.25) is 5.95 Å². The fourth-order valence-electron chi connectivity index (χ4n) is 0.779. The molecule has 0 saturated carbocycles. The van der Waals surface area contributed by atoms with Crippen LogP contribution in [0.2, 0.25) is 5.15 Å². The van der Waals surface area contributed by atoms with Crippen LogP contribution in [0.4, 0.5) is 5.95 Å². The van der Waals surface area contributed by atoms with Gasteiger partial charge in [-0.2, -0.15) is 13.1 Å². The number of rotatable bonds is 5. The number of aromatic nitrogens is 2. The van der Waals surface area contributed by atoms with Crippen molar-refractivity contribution in [1.29, 1.82) is 0 Å². The Morgan fingerprint density at radius 1 is 1.53 bits per heavy atom. The Labute approximate surface area is 93.3 Å². The second-order valence-electron chi connectivity index (χ2n) is 2.70. The first-order valence-corrected chi connectivity index (χ1v) is 6.15. The third-order valence-corrected chi connectivity index (χ3v) is 2.64. The molecule has 8 heteroatoms. The van der Waals surface area contributed by atoms with Crippen LogP contribution in [0, 0.1) is 0 Å². The minimum absolute atomic E-state index is 0.0499. The highest BCUT2D eigenvalue weighted by atomic mass is 35.5. The zero-order valence-electron chi connectivity index (χ0n) is 8.07. The Bertz CT molecular complexity index is 423. The molecule has 84 valence electrons. The van der Waals surface area contributed by atoms with Crippen LogP contribution in [0.3, 0.4) is 0 Å². The lowest BCUT2D eigenvalue weighted by molar-refractivity contribution is 0.586. The largest absolute Gasteiger partial charge is 0.301 e. The first kappa shape index (κ1) is 12.2. The SMILES string of the molecule is CCCNS(=O)(=O)Nc1nccc(Cl)n1. The maximum Gasteiger partial charge on any atom is 0.301 e. The van der Waals surface area contributed by atoms with Gasteiger partial charge in [-0.3, -0.25) is 0 Å². The van der Waals surface area contributed by atoms with E-state index in [1.54, 1.807) is 0 Å². The Hall–Kier alpha value is -0.920. The van der Waals surface area contributed by atoms with E-state index >= 15 is 0 Å². The molecule has 0 fully saturated rings. The van der Waals surface area contributed by atoms with Gasteiger partial charge in [0.25, 0.3) is 0 Å². The summed E-state index contributed by atoms with van der Waals surface area (Å²) in [7, 11) is -3.60. The quantitative estimate of drug-likeness (QED) is 0.757. The van der Waals surface area contributed by atoms with Crippen LogP contribution < -0.4 is 9.44 Å². The monoisotopic (exact) mass is 250 g/mol. The lowest BCUT2D eigenvalue weighted by atomic mass is 10.5. The summed E-state index contributed by atoms with van der Waals surface area (Å²) in [5.41, 5.74) is 0.